The predicted octanol–water partition coefficient (Wildman–Crippen LogP) is 4.31. The number of hydrogen-bond donors (Lipinski definition) is 2. The number of nitrogens with two attached hydrogens (primary N) is 1. The van der Waals surface area contributed by atoms with E-state index in [1.807, 2.05) is 86.0 Å². The Hall–Kier alpha value is -4.33. The highest BCUT2D eigenvalue weighted by molar-refractivity contribution is 6.01. The first kappa shape index (κ1) is 27.3. The number of amidine groups is 1. The van der Waals surface area contributed by atoms with Crippen molar-refractivity contribution in [2.24, 2.45) is 15.9 Å². The lowest BCUT2D eigenvalue weighted by Gasteiger charge is -2.14. The van der Waals surface area contributed by atoms with E-state index in [4.69, 9.17) is 10.5 Å². The van der Waals surface area contributed by atoms with E-state index in [0.29, 0.717) is 12.3 Å². The standard InChI is InChI=1S/C29H36N6O2/c1-5-25(10-7-16-34(2)3)32-28(36)12-8-17-35-18-15-23-20-24(13-14-27(23)35)29(30)33-31-21-22-9-6-11-26(19-22)37-4/h5-7,9,11,13-16,18-21,25H,1,8,10,12,17H2,2-4H3,(H2,30,33)(H,32,36)/b16-7+,31-21+/t25-/m1/s1. The zero-order valence-electron chi connectivity index (χ0n) is 21.8. The van der Waals surface area contributed by atoms with Crippen LogP contribution in [0.2, 0.25) is 0 Å². The van der Waals surface area contributed by atoms with Crippen LogP contribution in [0.4, 0.5) is 0 Å². The molecule has 0 saturated carbocycles. The highest BCUT2D eigenvalue weighted by atomic mass is 16.5. The van der Waals surface area contributed by atoms with Crippen LogP contribution in [0.1, 0.15) is 30.4 Å². The molecular formula is C29H36N6O2. The number of nitrogens with one attached hydrogen (secondary N) is 1. The number of nitrogens with zero attached hydrogens (tertiary/aromatic N) is 4. The molecule has 0 bridgehead atoms. The summed E-state index contributed by atoms with van der Waals surface area (Å²) in [5, 5.41) is 12.3. The molecule has 1 atom stereocenters. The molecule has 0 unspecified atom stereocenters. The number of fused-ring (bicyclic) bond motifs is 1. The summed E-state index contributed by atoms with van der Waals surface area (Å²) in [7, 11) is 5.55. The van der Waals surface area contributed by atoms with Crippen LogP contribution in [0.25, 0.3) is 10.9 Å². The quantitative estimate of drug-likeness (QED) is 0.158. The molecule has 0 aliphatic carbocycles. The van der Waals surface area contributed by atoms with Gasteiger partial charge in [-0.05, 0) is 61.0 Å². The maximum atomic E-state index is 12.4. The third-order valence-corrected chi connectivity index (χ3v) is 5.76. The number of hydrogen-bond acceptors (Lipinski definition) is 5. The van der Waals surface area contributed by atoms with Crippen LogP contribution >= 0.6 is 0 Å². The summed E-state index contributed by atoms with van der Waals surface area (Å²) in [6.07, 6.45) is 11.3. The average molecular weight is 501 g/mol. The molecule has 1 aromatic heterocycles. The van der Waals surface area contributed by atoms with Crippen LogP contribution in [-0.4, -0.2) is 54.7 Å². The minimum Gasteiger partial charge on any atom is -0.497 e. The smallest absolute Gasteiger partial charge is 0.220 e. The number of aryl methyl sites for hydroxylation is 1. The van der Waals surface area contributed by atoms with Crippen molar-refractivity contribution in [3.8, 4) is 5.75 Å². The van der Waals surface area contributed by atoms with Crippen molar-refractivity contribution in [1.29, 1.82) is 0 Å². The molecule has 0 aliphatic heterocycles. The molecule has 194 valence electrons. The number of methoxy groups -OCH3 is 1. The molecule has 0 fully saturated rings. The maximum absolute atomic E-state index is 12.4. The number of carbonyl (C=O) groups is 1. The molecule has 0 saturated heterocycles. The SMILES string of the molecule is C=C[C@H](C/C=C/N(C)C)NC(=O)CCCn1ccc2cc(C(N)=N/N=C/c3cccc(OC)c3)ccc21. The summed E-state index contributed by atoms with van der Waals surface area (Å²) in [5.74, 6) is 1.12. The van der Waals surface area contributed by atoms with Gasteiger partial charge in [0.1, 0.15) is 5.75 Å². The van der Waals surface area contributed by atoms with Crippen molar-refractivity contribution in [1.82, 2.24) is 14.8 Å². The molecule has 3 rings (SSSR count). The predicted molar refractivity (Wildman–Crippen MR) is 152 cm³/mol. The van der Waals surface area contributed by atoms with E-state index in [9.17, 15) is 4.79 Å². The Bertz CT molecular complexity index is 1290. The lowest BCUT2D eigenvalue weighted by molar-refractivity contribution is -0.121. The summed E-state index contributed by atoms with van der Waals surface area (Å²) in [5.41, 5.74) is 8.92. The van der Waals surface area contributed by atoms with Gasteiger partial charge in [0.2, 0.25) is 5.91 Å². The van der Waals surface area contributed by atoms with Crippen molar-refractivity contribution >= 4 is 28.9 Å². The molecule has 1 heterocycles. The van der Waals surface area contributed by atoms with Gasteiger partial charge in [0.05, 0.1) is 19.4 Å². The lowest BCUT2D eigenvalue weighted by atomic mass is 10.1. The van der Waals surface area contributed by atoms with Gasteiger partial charge in [0.15, 0.2) is 5.84 Å². The second kappa shape index (κ2) is 13.7. The third kappa shape index (κ3) is 8.38. The third-order valence-electron chi connectivity index (χ3n) is 5.76. The molecule has 2 aromatic carbocycles. The van der Waals surface area contributed by atoms with Crippen molar-refractivity contribution in [2.45, 2.75) is 31.8 Å². The van der Waals surface area contributed by atoms with E-state index < -0.39 is 0 Å². The van der Waals surface area contributed by atoms with Crippen LogP contribution in [0, 0.1) is 0 Å². The summed E-state index contributed by atoms with van der Waals surface area (Å²) >= 11 is 0. The summed E-state index contributed by atoms with van der Waals surface area (Å²) in [6, 6.07) is 15.5. The van der Waals surface area contributed by atoms with Crippen LogP contribution in [0.3, 0.4) is 0 Å². The first-order valence-electron chi connectivity index (χ1n) is 12.2. The number of benzene rings is 2. The second-order valence-corrected chi connectivity index (χ2v) is 8.89. The van der Waals surface area contributed by atoms with E-state index in [2.05, 4.69) is 26.7 Å². The number of rotatable bonds is 13. The first-order chi connectivity index (χ1) is 17.9. The summed E-state index contributed by atoms with van der Waals surface area (Å²) in [4.78, 5) is 14.3. The average Bonchev–Trinajstić information content (AvgIpc) is 3.30. The van der Waals surface area contributed by atoms with Gasteiger partial charge >= 0.3 is 0 Å². The topological polar surface area (TPSA) is 97.2 Å². The van der Waals surface area contributed by atoms with Gasteiger partial charge in [0, 0.05) is 49.7 Å². The number of carbonyl (C=O) groups excluding carboxylic acids is 1. The van der Waals surface area contributed by atoms with Gasteiger partial charge in [0.25, 0.3) is 0 Å². The van der Waals surface area contributed by atoms with Crippen LogP contribution in [-0.2, 0) is 11.3 Å². The van der Waals surface area contributed by atoms with E-state index >= 15 is 0 Å². The Balaban J connectivity index is 1.55. The molecule has 0 radical (unpaired) electrons. The molecule has 0 aliphatic rings. The Morgan fingerprint density at radius 2 is 2.08 bits per heavy atom. The van der Waals surface area contributed by atoms with E-state index in [1.54, 1.807) is 19.4 Å². The van der Waals surface area contributed by atoms with E-state index in [-0.39, 0.29) is 11.9 Å². The van der Waals surface area contributed by atoms with E-state index in [1.165, 1.54) is 0 Å². The van der Waals surface area contributed by atoms with Crippen molar-refractivity contribution in [3.05, 3.63) is 90.8 Å². The van der Waals surface area contributed by atoms with Gasteiger partial charge in [-0.1, -0.05) is 24.3 Å². The zero-order chi connectivity index (χ0) is 26.6. The molecule has 37 heavy (non-hydrogen) atoms. The number of ether oxygens (including phenoxy) is 1. The highest BCUT2D eigenvalue weighted by Crippen LogP contribution is 2.19. The number of amides is 1. The Morgan fingerprint density at radius 3 is 2.84 bits per heavy atom. The normalized spacial score (nSPS) is 12.8. The molecule has 1 amide bonds. The van der Waals surface area contributed by atoms with Crippen LogP contribution in [0.5, 0.6) is 5.75 Å². The first-order valence-corrected chi connectivity index (χ1v) is 12.2. The number of aromatic nitrogens is 1. The molecular weight excluding hydrogens is 464 g/mol. The fraction of sp³-hybridized carbons (Fsp3) is 0.276. The van der Waals surface area contributed by atoms with Crippen LogP contribution < -0.4 is 15.8 Å². The van der Waals surface area contributed by atoms with E-state index in [0.717, 1.165) is 47.2 Å². The minimum atomic E-state index is -0.0680. The van der Waals surface area contributed by atoms with Gasteiger partial charge in [-0.2, -0.15) is 5.10 Å². The fourth-order valence-corrected chi connectivity index (χ4v) is 3.81. The van der Waals surface area contributed by atoms with Gasteiger partial charge in [-0.15, -0.1) is 11.7 Å². The maximum Gasteiger partial charge on any atom is 0.220 e. The molecule has 3 aromatic rings. The van der Waals surface area contributed by atoms with Crippen molar-refractivity contribution < 1.29 is 9.53 Å². The zero-order valence-corrected chi connectivity index (χ0v) is 21.8. The minimum absolute atomic E-state index is 0.0281. The Morgan fingerprint density at radius 1 is 1.24 bits per heavy atom. The van der Waals surface area contributed by atoms with Crippen molar-refractivity contribution in [2.75, 3.05) is 21.2 Å². The van der Waals surface area contributed by atoms with Crippen LogP contribution in [0.15, 0.2) is 89.9 Å². The Labute approximate surface area is 218 Å². The fourth-order valence-electron chi connectivity index (χ4n) is 3.81. The monoisotopic (exact) mass is 500 g/mol. The second-order valence-electron chi connectivity index (χ2n) is 8.89. The molecule has 8 nitrogen and oxygen atoms in total. The summed E-state index contributed by atoms with van der Waals surface area (Å²) in [6.45, 7) is 4.57. The largest absolute Gasteiger partial charge is 0.497 e. The molecule has 8 heteroatoms. The van der Waals surface area contributed by atoms with Crippen molar-refractivity contribution in [3.63, 3.8) is 0 Å². The highest BCUT2D eigenvalue weighted by Gasteiger charge is 2.09. The lowest BCUT2D eigenvalue weighted by Crippen LogP contribution is -2.32. The molecule has 3 N–H and O–H groups in total. The Kier molecular flexibility index (Phi) is 10.1. The van der Waals surface area contributed by atoms with Gasteiger partial charge in [-0.25, -0.2) is 0 Å². The molecule has 0 spiro atoms. The van der Waals surface area contributed by atoms with Gasteiger partial charge < -0.3 is 25.3 Å². The van der Waals surface area contributed by atoms with Gasteiger partial charge in [-0.3, -0.25) is 4.79 Å². The summed E-state index contributed by atoms with van der Waals surface area (Å²) < 4.78 is 7.36.